The maximum Gasteiger partial charge on any atom is 0.247 e. The molecule has 0 radical (unpaired) electrons. The number of nitrogens with two attached hydrogens (primary N) is 1. The molecule has 0 atom stereocenters. The Labute approximate surface area is 173 Å². The van der Waals surface area contributed by atoms with Crippen LogP contribution in [0, 0.1) is 11.2 Å². The van der Waals surface area contributed by atoms with Gasteiger partial charge in [0.25, 0.3) is 0 Å². The second kappa shape index (κ2) is 7.99. The zero-order valence-electron chi connectivity index (χ0n) is 16.3. The molecular formula is C24H21FN2O3. The Kier molecular flexibility index (Phi) is 5.23. The van der Waals surface area contributed by atoms with Crippen LogP contribution in [-0.4, -0.2) is 11.8 Å². The summed E-state index contributed by atoms with van der Waals surface area (Å²) in [4.78, 5) is 26.6. The van der Waals surface area contributed by atoms with Gasteiger partial charge in [0, 0.05) is 11.4 Å². The summed E-state index contributed by atoms with van der Waals surface area (Å²) in [6.07, 6.45) is 0.828. The van der Waals surface area contributed by atoms with Crippen LogP contribution in [0.4, 0.5) is 15.8 Å². The normalized spacial score (nSPS) is 14.0. The lowest BCUT2D eigenvalue weighted by atomic mass is 10.0. The van der Waals surface area contributed by atoms with E-state index in [0.29, 0.717) is 36.6 Å². The van der Waals surface area contributed by atoms with Gasteiger partial charge in [-0.2, -0.15) is 0 Å². The van der Waals surface area contributed by atoms with Crippen LogP contribution in [0.25, 0.3) is 0 Å². The topological polar surface area (TPSA) is 72.6 Å². The number of halogens is 1. The predicted molar refractivity (Wildman–Crippen MR) is 112 cm³/mol. The van der Waals surface area contributed by atoms with Gasteiger partial charge < -0.3 is 10.5 Å². The summed E-state index contributed by atoms with van der Waals surface area (Å²) in [5.41, 5.74) is 6.36. The van der Waals surface area contributed by atoms with Gasteiger partial charge in [0.05, 0.1) is 0 Å². The fourth-order valence-electron chi connectivity index (χ4n) is 3.31. The lowest BCUT2D eigenvalue weighted by Crippen LogP contribution is -2.41. The largest absolute Gasteiger partial charge is 0.489 e. The van der Waals surface area contributed by atoms with Gasteiger partial charge in [0.1, 0.15) is 23.6 Å². The summed E-state index contributed by atoms with van der Waals surface area (Å²) in [6.45, 7) is 0.422. The van der Waals surface area contributed by atoms with Crippen molar-refractivity contribution < 1.29 is 18.7 Å². The van der Waals surface area contributed by atoms with Gasteiger partial charge in [-0.3, -0.25) is 14.5 Å². The summed E-state index contributed by atoms with van der Waals surface area (Å²) < 4.78 is 19.2. The van der Waals surface area contributed by atoms with Crippen molar-refractivity contribution in [1.82, 2.24) is 0 Å². The van der Waals surface area contributed by atoms with Crippen LogP contribution in [0.15, 0.2) is 78.9 Å². The van der Waals surface area contributed by atoms with Crippen LogP contribution in [0.2, 0.25) is 0 Å². The second-order valence-corrected chi connectivity index (χ2v) is 7.33. The molecule has 0 saturated heterocycles. The maximum atomic E-state index is 13.4. The Morgan fingerprint density at radius 1 is 0.900 bits per heavy atom. The third-order valence-corrected chi connectivity index (χ3v) is 5.26. The molecule has 3 aromatic rings. The van der Waals surface area contributed by atoms with Crippen molar-refractivity contribution in [2.45, 2.75) is 19.4 Å². The number of anilines is 2. The van der Waals surface area contributed by atoms with Crippen molar-refractivity contribution >= 4 is 23.2 Å². The standard InChI is InChI=1S/C24H21FN2O3/c25-18-6-8-19(9-7-18)27(23(29)24(14-15-24)22(26)28)20-10-12-21(13-11-20)30-16-17-4-2-1-3-5-17/h1-13H,14-16H2,(H2,26,28). The van der Waals surface area contributed by atoms with Crippen molar-refractivity contribution in [1.29, 1.82) is 0 Å². The Bertz CT molecular complexity index is 1050. The van der Waals surface area contributed by atoms with E-state index in [9.17, 15) is 14.0 Å². The molecule has 0 aliphatic heterocycles. The lowest BCUT2D eigenvalue weighted by Gasteiger charge is -2.26. The Morgan fingerprint density at radius 3 is 2.00 bits per heavy atom. The van der Waals surface area contributed by atoms with Gasteiger partial charge in [-0.25, -0.2) is 4.39 Å². The van der Waals surface area contributed by atoms with Crippen LogP contribution >= 0.6 is 0 Å². The number of nitrogens with zero attached hydrogens (tertiary/aromatic N) is 1. The van der Waals surface area contributed by atoms with E-state index in [1.165, 1.54) is 29.2 Å². The minimum Gasteiger partial charge on any atom is -0.489 e. The summed E-state index contributed by atoms with van der Waals surface area (Å²) in [6, 6.07) is 22.3. The number of amides is 2. The molecule has 3 aromatic carbocycles. The molecule has 0 aromatic heterocycles. The second-order valence-electron chi connectivity index (χ2n) is 7.33. The average Bonchev–Trinajstić information content (AvgIpc) is 3.58. The number of hydrogen-bond donors (Lipinski definition) is 1. The minimum absolute atomic E-state index is 0.403. The van der Waals surface area contributed by atoms with Gasteiger partial charge in [-0.1, -0.05) is 30.3 Å². The summed E-state index contributed by atoms with van der Waals surface area (Å²) in [5.74, 6) is -0.807. The van der Waals surface area contributed by atoms with Gasteiger partial charge in [-0.05, 0) is 66.9 Å². The quantitative estimate of drug-likeness (QED) is 0.596. The maximum absolute atomic E-state index is 13.4. The number of carbonyl (C=O) groups is 2. The third-order valence-electron chi connectivity index (χ3n) is 5.26. The van der Waals surface area contributed by atoms with Crippen molar-refractivity contribution in [2.75, 3.05) is 4.90 Å². The molecule has 1 fully saturated rings. The number of benzene rings is 3. The first kappa shape index (κ1) is 19.6. The van der Waals surface area contributed by atoms with E-state index in [1.807, 2.05) is 30.3 Å². The van der Waals surface area contributed by atoms with Crippen molar-refractivity contribution in [3.8, 4) is 5.75 Å². The molecular weight excluding hydrogens is 383 g/mol. The van der Waals surface area contributed by atoms with Crippen molar-refractivity contribution in [3.63, 3.8) is 0 Å². The molecule has 1 saturated carbocycles. The molecule has 1 aliphatic rings. The van der Waals surface area contributed by atoms with Gasteiger partial charge >= 0.3 is 0 Å². The van der Waals surface area contributed by atoms with Gasteiger partial charge in [0.2, 0.25) is 11.8 Å². The predicted octanol–water partition coefficient (Wildman–Crippen LogP) is 4.33. The summed E-state index contributed by atoms with van der Waals surface area (Å²) >= 11 is 0. The van der Waals surface area contributed by atoms with Gasteiger partial charge in [0.15, 0.2) is 0 Å². The van der Waals surface area contributed by atoms with Gasteiger partial charge in [-0.15, -0.1) is 0 Å². The van der Waals surface area contributed by atoms with Crippen LogP contribution in [0.5, 0.6) is 5.75 Å². The molecule has 30 heavy (non-hydrogen) atoms. The van der Waals surface area contributed by atoms with Crippen LogP contribution in [0.1, 0.15) is 18.4 Å². The van der Waals surface area contributed by atoms with E-state index < -0.39 is 23.0 Å². The molecule has 0 heterocycles. The third kappa shape index (κ3) is 3.89. The number of carbonyl (C=O) groups excluding carboxylic acids is 2. The highest BCUT2D eigenvalue weighted by atomic mass is 19.1. The van der Waals surface area contributed by atoms with E-state index in [2.05, 4.69) is 0 Å². The van der Waals surface area contributed by atoms with Crippen molar-refractivity contribution in [2.24, 2.45) is 11.1 Å². The summed E-state index contributed by atoms with van der Waals surface area (Å²) in [7, 11) is 0. The smallest absolute Gasteiger partial charge is 0.247 e. The first-order chi connectivity index (χ1) is 14.5. The van der Waals surface area contributed by atoms with Crippen LogP contribution in [-0.2, 0) is 16.2 Å². The average molecular weight is 404 g/mol. The van der Waals surface area contributed by atoms with E-state index in [1.54, 1.807) is 24.3 Å². The van der Waals surface area contributed by atoms with E-state index in [-0.39, 0.29) is 0 Å². The number of ether oxygens (including phenoxy) is 1. The fourth-order valence-corrected chi connectivity index (χ4v) is 3.31. The van der Waals surface area contributed by atoms with E-state index in [4.69, 9.17) is 10.5 Å². The Morgan fingerprint density at radius 2 is 1.47 bits per heavy atom. The monoisotopic (exact) mass is 404 g/mol. The molecule has 0 unspecified atom stereocenters. The van der Waals surface area contributed by atoms with Crippen molar-refractivity contribution in [3.05, 3.63) is 90.2 Å². The highest BCUT2D eigenvalue weighted by Crippen LogP contribution is 2.49. The minimum atomic E-state index is -1.20. The fraction of sp³-hybridized carbons (Fsp3) is 0.167. The number of rotatable bonds is 7. The van der Waals surface area contributed by atoms with E-state index in [0.717, 1.165) is 5.56 Å². The summed E-state index contributed by atoms with van der Waals surface area (Å²) in [5, 5.41) is 0. The molecule has 6 heteroatoms. The lowest BCUT2D eigenvalue weighted by molar-refractivity contribution is -0.133. The molecule has 1 aliphatic carbocycles. The Hall–Kier alpha value is -3.67. The highest BCUT2D eigenvalue weighted by molar-refractivity contribution is 6.16. The zero-order valence-corrected chi connectivity index (χ0v) is 16.3. The molecule has 0 spiro atoms. The zero-order chi connectivity index (χ0) is 21.1. The SMILES string of the molecule is NC(=O)C1(C(=O)N(c2ccc(F)cc2)c2ccc(OCc3ccccc3)cc2)CC1. The molecule has 2 amide bonds. The molecule has 0 bridgehead atoms. The molecule has 4 rings (SSSR count). The van der Waals surface area contributed by atoms with Crippen LogP contribution in [0.3, 0.4) is 0 Å². The van der Waals surface area contributed by atoms with E-state index >= 15 is 0 Å². The molecule has 152 valence electrons. The first-order valence-corrected chi connectivity index (χ1v) is 9.66. The molecule has 2 N–H and O–H groups in total. The number of hydrogen-bond acceptors (Lipinski definition) is 3. The van der Waals surface area contributed by atoms with Crippen LogP contribution < -0.4 is 15.4 Å². The molecule has 5 nitrogen and oxygen atoms in total. The highest BCUT2D eigenvalue weighted by Gasteiger charge is 2.57. The number of primary amides is 1. The Balaban J connectivity index is 1.60. The first-order valence-electron chi connectivity index (χ1n) is 9.66.